The number of nitrogens with one attached hydrogen (secondary N) is 1. The van der Waals surface area contributed by atoms with Crippen LogP contribution in [0.3, 0.4) is 0 Å². The summed E-state index contributed by atoms with van der Waals surface area (Å²) in [7, 11) is 1.97. The Hall–Kier alpha value is -2.21. The van der Waals surface area contributed by atoms with Crippen molar-refractivity contribution in [1.82, 2.24) is 19.7 Å². The van der Waals surface area contributed by atoms with Gasteiger partial charge < -0.3 is 5.32 Å². The number of nitrogens with zero attached hydrogens (tertiary/aromatic N) is 4. The van der Waals surface area contributed by atoms with Crippen LogP contribution in [0.5, 0.6) is 0 Å². The number of hydrogen-bond acceptors (Lipinski definition) is 5. The molecule has 0 amide bonds. The zero-order chi connectivity index (χ0) is 16.4. The molecule has 0 atom stereocenters. The molecule has 0 aliphatic rings. The van der Waals surface area contributed by atoms with Gasteiger partial charge in [-0.2, -0.15) is 5.10 Å². The predicted molar refractivity (Wildman–Crippen MR) is 95.8 cm³/mol. The van der Waals surface area contributed by atoms with E-state index in [0.717, 1.165) is 51.2 Å². The SMILES string of the molecule is CCCNc1ncc(-c2cccnc2-c2c(C)nn(C)c2C)s1. The van der Waals surface area contributed by atoms with E-state index in [1.54, 1.807) is 11.3 Å². The Bertz CT molecular complexity index is 818. The van der Waals surface area contributed by atoms with E-state index in [2.05, 4.69) is 40.3 Å². The average molecular weight is 327 g/mol. The summed E-state index contributed by atoms with van der Waals surface area (Å²) < 4.78 is 1.91. The molecule has 0 aliphatic carbocycles. The van der Waals surface area contributed by atoms with Crippen molar-refractivity contribution in [2.75, 3.05) is 11.9 Å². The van der Waals surface area contributed by atoms with E-state index in [4.69, 9.17) is 0 Å². The van der Waals surface area contributed by atoms with Crippen molar-refractivity contribution in [3.63, 3.8) is 0 Å². The normalized spacial score (nSPS) is 11.0. The van der Waals surface area contributed by atoms with Crippen LogP contribution < -0.4 is 5.32 Å². The lowest BCUT2D eigenvalue weighted by Crippen LogP contribution is -1.97. The van der Waals surface area contributed by atoms with Crippen LogP contribution in [0.1, 0.15) is 24.7 Å². The number of aromatic nitrogens is 4. The van der Waals surface area contributed by atoms with E-state index in [9.17, 15) is 0 Å². The predicted octanol–water partition coefficient (Wildman–Crippen LogP) is 4.04. The Labute approximate surface area is 140 Å². The topological polar surface area (TPSA) is 55.6 Å². The fraction of sp³-hybridized carbons (Fsp3) is 0.353. The standard InChI is InChI=1S/C17H21N5S/c1-5-8-19-17-20-10-14(23-17)13-7-6-9-18-16(13)15-11(2)21-22(4)12(15)3/h6-7,9-10H,5,8H2,1-4H3,(H,19,20). The zero-order valence-corrected chi connectivity index (χ0v) is 14.7. The van der Waals surface area contributed by atoms with E-state index in [0.29, 0.717) is 0 Å². The van der Waals surface area contributed by atoms with Gasteiger partial charge in [-0.3, -0.25) is 9.67 Å². The molecule has 0 spiro atoms. The number of aryl methyl sites for hydroxylation is 2. The summed E-state index contributed by atoms with van der Waals surface area (Å²) in [6.45, 7) is 7.19. The molecule has 0 fully saturated rings. The third kappa shape index (κ3) is 2.99. The molecule has 0 saturated carbocycles. The van der Waals surface area contributed by atoms with Gasteiger partial charge in [0.15, 0.2) is 5.13 Å². The first-order valence-corrected chi connectivity index (χ1v) is 8.59. The molecule has 0 aliphatic heterocycles. The fourth-order valence-corrected chi connectivity index (χ4v) is 3.50. The van der Waals surface area contributed by atoms with Gasteiger partial charge in [-0.1, -0.05) is 18.3 Å². The van der Waals surface area contributed by atoms with E-state index < -0.39 is 0 Å². The largest absolute Gasteiger partial charge is 0.362 e. The molecule has 3 aromatic heterocycles. The Morgan fingerprint density at radius 1 is 1.26 bits per heavy atom. The molecule has 0 unspecified atom stereocenters. The van der Waals surface area contributed by atoms with Crippen molar-refractivity contribution in [2.45, 2.75) is 27.2 Å². The highest BCUT2D eigenvalue weighted by atomic mass is 32.1. The summed E-state index contributed by atoms with van der Waals surface area (Å²) in [6.07, 6.45) is 4.84. The lowest BCUT2D eigenvalue weighted by molar-refractivity contribution is 0.731. The molecule has 3 rings (SSSR count). The van der Waals surface area contributed by atoms with Gasteiger partial charge in [-0.15, -0.1) is 0 Å². The fourth-order valence-electron chi connectivity index (χ4n) is 2.63. The summed E-state index contributed by atoms with van der Waals surface area (Å²) >= 11 is 1.66. The molecule has 0 bridgehead atoms. The maximum atomic E-state index is 4.64. The summed E-state index contributed by atoms with van der Waals surface area (Å²) in [5.41, 5.74) is 5.31. The summed E-state index contributed by atoms with van der Waals surface area (Å²) in [5, 5.41) is 8.82. The molecular formula is C17H21N5S. The highest BCUT2D eigenvalue weighted by molar-refractivity contribution is 7.18. The smallest absolute Gasteiger partial charge is 0.183 e. The Kier molecular flexibility index (Phi) is 4.43. The van der Waals surface area contributed by atoms with Gasteiger partial charge in [-0.25, -0.2) is 4.98 Å². The third-order valence-electron chi connectivity index (χ3n) is 3.85. The summed E-state index contributed by atoms with van der Waals surface area (Å²) in [6, 6.07) is 4.07. The molecule has 0 radical (unpaired) electrons. The molecule has 120 valence electrons. The van der Waals surface area contributed by atoms with Crippen LogP contribution in [0.2, 0.25) is 0 Å². The van der Waals surface area contributed by atoms with E-state index in [1.807, 2.05) is 37.1 Å². The molecule has 3 heterocycles. The van der Waals surface area contributed by atoms with Crippen LogP contribution in [0, 0.1) is 13.8 Å². The van der Waals surface area contributed by atoms with Gasteiger partial charge >= 0.3 is 0 Å². The highest BCUT2D eigenvalue weighted by Crippen LogP contribution is 2.37. The van der Waals surface area contributed by atoms with Gasteiger partial charge in [0.1, 0.15) is 0 Å². The van der Waals surface area contributed by atoms with Crippen LogP contribution in [-0.4, -0.2) is 26.3 Å². The van der Waals surface area contributed by atoms with Crippen molar-refractivity contribution in [3.05, 3.63) is 35.9 Å². The third-order valence-corrected chi connectivity index (χ3v) is 4.84. The van der Waals surface area contributed by atoms with Gasteiger partial charge in [0.05, 0.1) is 16.3 Å². The van der Waals surface area contributed by atoms with Crippen LogP contribution in [0.15, 0.2) is 24.5 Å². The molecule has 1 N–H and O–H groups in total. The van der Waals surface area contributed by atoms with Crippen molar-refractivity contribution < 1.29 is 0 Å². The second-order valence-corrected chi connectivity index (χ2v) is 6.56. The lowest BCUT2D eigenvalue weighted by atomic mass is 10.0. The van der Waals surface area contributed by atoms with Crippen LogP contribution in [0.25, 0.3) is 21.7 Å². The van der Waals surface area contributed by atoms with E-state index in [1.165, 1.54) is 0 Å². The van der Waals surface area contributed by atoms with Crippen LogP contribution in [-0.2, 0) is 7.05 Å². The molecular weight excluding hydrogens is 306 g/mol. The van der Waals surface area contributed by atoms with E-state index in [-0.39, 0.29) is 0 Å². The number of hydrogen-bond donors (Lipinski definition) is 1. The molecule has 3 aromatic rings. The quantitative estimate of drug-likeness (QED) is 0.768. The van der Waals surface area contributed by atoms with Gasteiger partial charge in [0, 0.05) is 42.8 Å². The van der Waals surface area contributed by atoms with Crippen molar-refractivity contribution in [3.8, 4) is 21.7 Å². The first-order chi connectivity index (χ1) is 11.1. The molecule has 23 heavy (non-hydrogen) atoms. The second-order valence-electron chi connectivity index (χ2n) is 5.53. The first kappa shape index (κ1) is 15.7. The van der Waals surface area contributed by atoms with Crippen molar-refractivity contribution >= 4 is 16.5 Å². The van der Waals surface area contributed by atoms with E-state index >= 15 is 0 Å². The molecule has 5 nitrogen and oxygen atoms in total. The van der Waals surface area contributed by atoms with Gasteiger partial charge in [0.25, 0.3) is 0 Å². The number of pyridine rings is 1. The minimum absolute atomic E-state index is 0.938. The maximum Gasteiger partial charge on any atom is 0.183 e. The lowest BCUT2D eigenvalue weighted by Gasteiger charge is -2.07. The maximum absolute atomic E-state index is 4.64. The molecule has 0 saturated heterocycles. The number of anilines is 1. The minimum atomic E-state index is 0.938. The summed E-state index contributed by atoms with van der Waals surface area (Å²) in [4.78, 5) is 10.2. The Morgan fingerprint density at radius 2 is 2.09 bits per heavy atom. The van der Waals surface area contributed by atoms with Gasteiger partial charge in [-0.05, 0) is 32.4 Å². The van der Waals surface area contributed by atoms with Crippen LogP contribution >= 0.6 is 11.3 Å². The average Bonchev–Trinajstić information content (AvgIpc) is 3.11. The summed E-state index contributed by atoms with van der Waals surface area (Å²) in [5.74, 6) is 0. The number of rotatable bonds is 5. The first-order valence-electron chi connectivity index (χ1n) is 7.77. The van der Waals surface area contributed by atoms with Crippen molar-refractivity contribution in [2.24, 2.45) is 7.05 Å². The minimum Gasteiger partial charge on any atom is -0.362 e. The highest BCUT2D eigenvalue weighted by Gasteiger charge is 2.18. The zero-order valence-electron chi connectivity index (χ0n) is 13.9. The number of thiazole rings is 1. The Morgan fingerprint density at radius 3 is 2.78 bits per heavy atom. The molecule has 0 aromatic carbocycles. The monoisotopic (exact) mass is 327 g/mol. The van der Waals surface area contributed by atoms with Gasteiger partial charge in [0.2, 0.25) is 0 Å². The Balaban J connectivity index is 2.06. The second kappa shape index (κ2) is 6.50. The van der Waals surface area contributed by atoms with Crippen molar-refractivity contribution in [1.29, 1.82) is 0 Å². The van der Waals surface area contributed by atoms with Crippen LogP contribution in [0.4, 0.5) is 5.13 Å². The molecule has 6 heteroatoms.